The zero-order valence-corrected chi connectivity index (χ0v) is 12.1. The van der Waals surface area contributed by atoms with Crippen molar-refractivity contribution in [1.29, 1.82) is 0 Å². The second-order valence-corrected chi connectivity index (χ2v) is 4.76. The number of allylic oxidation sites excluding steroid dienone is 1. The largest absolute Gasteiger partial charge is 0.396 e. The molecule has 1 heterocycles. The summed E-state index contributed by atoms with van der Waals surface area (Å²) in [5, 5.41) is 5.87. The van der Waals surface area contributed by atoms with Crippen molar-refractivity contribution in [2.75, 3.05) is 33.7 Å². The lowest BCUT2D eigenvalue weighted by Gasteiger charge is -2.29. The molecule has 19 heavy (non-hydrogen) atoms. The molecule has 0 aliphatic carbocycles. The normalized spacial score (nSPS) is 19.3. The standard InChI is InChI=1S/C13H25N5O/c1-4-16-9-11(14)12(15-2)13(19)17-10-5-7-18(3)8-6-10/h9-10,15H,4-8,14H2,1-3H3,(H,17,19)/b12-11+,16-9-. The van der Waals surface area contributed by atoms with Crippen LogP contribution in [0.4, 0.5) is 0 Å². The number of aliphatic imine (C=N–C) groups is 1. The van der Waals surface area contributed by atoms with E-state index in [1.54, 1.807) is 7.05 Å². The Morgan fingerprint density at radius 3 is 2.63 bits per heavy atom. The average molecular weight is 267 g/mol. The molecular formula is C13H25N5O. The van der Waals surface area contributed by atoms with Gasteiger partial charge in [-0.2, -0.15) is 0 Å². The van der Waals surface area contributed by atoms with Crippen molar-refractivity contribution in [3.05, 3.63) is 11.4 Å². The fourth-order valence-electron chi connectivity index (χ4n) is 2.05. The van der Waals surface area contributed by atoms with Crippen LogP contribution in [0.25, 0.3) is 0 Å². The van der Waals surface area contributed by atoms with E-state index in [0.717, 1.165) is 25.9 Å². The predicted octanol–water partition coefficient (Wildman–Crippen LogP) is -0.323. The van der Waals surface area contributed by atoms with Gasteiger partial charge < -0.3 is 21.3 Å². The van der Waals surface area contributed by atoms with Gasteiger partial charge in [0.25, 0.3) is 5.91 Å². The van der Waals surface area contributed by atoms with Crippen LogP contribution in [0.15, 0.2) is 16.4 Å². The van der Waals surface area contributed by atoms with Crippen LogP contribution in [0.1, 0.15) is 19.8 Å². The SMILES string of the molecule is CC/N=C\C(N)=C(/NC)C(=O)NC1CCN(C)CC1. The van der Waals surface area contributed by atoms with Gasteiger partial charge in [-0.15, -0.1) is 0 Å². The van der Waals surface area contributed by atoms with Crippen molar-refractivity contribution >= 4 is 12.1 Å². The maximum atomic E-state index is 12.1. The molecule has 1 aliphatic rings. The summed E-state index contributed by atoms with van der Waals surface area (Å²) in [6.07, 6.45) is 3.48. The van der Waals surface area contributed by atoms with E-state index in [4.69, 9.17) is 5.73 Å². The number of nitrogens with two attached hydrogens (primary N) is 1. The molecular weight excluding hydrogens is 242 g/mol. The number of rotatable bonds is 5. The summed E-state index contributed by atoms with van der Waals surface area (Å²) in [6, 6.07) is 0.225. The average Bonchev–Trinajstić information content (AvgIpc) is 2.40. The summed E-state index contributed by atoms with van der Waals surface area (Å²) >= 11 is 0. The van der Waals surface area contributed by atoms with E-state index in [1.807, 2.05) is 6.92 Å². The Morgan fingerprint density at radius 2 is 2.11 bits per heavy atom. The zero-order valence-electron chi connectivity index (χ0n) is 12.1. The molecule has 0 aromatic carbocycles. The Hall–Kier alpha value is -1.56. The van der Waals surface area contributed by atoms with Gasteiger partial charge in [0.2, 0.25) is 0 Å². The van der Waals surface area contributed by atoms with Gasteiger partial charge in [-0.05, 0) is 39.9 Å². The van der Waals surface area contributed by atoms with Crippen LogP contribution in [-0.2, 0) is 4.79 Å². The first-order valence-electron chi connectivity index (χ1n) is 6.75. The molecule has 0 saturated carbocycles. The first-order chi connectivity index (χ1) is 9.08. The molecule has 1 amide bonds. The predicted molar refractivity (Wildman–Crippen MR) is 78.0 cm³/mol. The van der Waals surface area contributed by atoms with Crippen LogP contribution in [0.5, 0.6) is 0 Å². The van der Waals surface area contributed by atoms with E-state index in [1.165, 1.54) is 6.21 Å². The van der Waals surface area contributed by atoms with Crippen LogP contribution >= 0.6 is 0 Å². The Bertz CT molecular complexity index is 356. The highest BCUT2D eigenvalue weighted by Gasteiger charge is 2.20. The molecule has 0 bridgehead atoms. The van der Waals surface area contributed by atoms with Crippen LogP contribution in [0.2, 0.25) is 0 Å². The molecule has 1 aliphatic heterocycles. The molecule has 1 saturated heterocycles. The fraction of sp³-hybridized carbons (Fsp3) is 0.692. The van der Waals surface area contributed by atoms with Crippen LogP contribution in [-0.4, -0.2) is 56.8 Å². The summed E-state index contributed by atoms with van der Waals surface area (Å²) in [4.78, 5) is 18.5. The van der Waals surface area contributed by atoms with Crippen molar-refractivity contribution in [2.24, 2.45) is 10.7 Å². The minimum atomic E-state index is -0.155. The van der Waals surface area contributed by atoms with E-state index in [2.05, 4.69) is 27.6 Å². The Morgan fingerprint density at radius 1 is 1.47 bits per heavy atom. The Labute approximate surface area is 115 Å². The summed E-state index contributed by atoms with van der Waals surface area (Å²) in [5.74, 6) is -0.155. The van der Waals surface area contributed by atoms with E-state index >= 15 is 0 Å². The number of carbonyl (C=O) groups is 1. The van der Waals surface area contributed by atoms with Gasteiger partial charge in [-0.3, -0.25) is 9.79 Å². The minimum absolute atomic E-state index is 0.155. The molecule has 1 fully saturated rings. The van der Waals surface area contributed by atoms with Gasteiger partial charge in [0.15, 0.2) is 0 Å². The maximum absolute atomic E-state index is 12.1. The number of hydrogen-bond donors (Lipinski definition) is 3. The molecule has 0 aromatic rings. The van der Waals surface area contributed by atoms with Crippen molar-refractivity contribution in [1.82, 2.24) is 15.5 Å². The third-order valence-electron chi connectivity index (χ3n) is 3.23. The quantitative estimate of drug-likeness (QED) is 0.471. The van der Waals surface area contributed by atoms with E-state index < -0.39 is 0 Å². The summed E-state index contributed by atoms with van der Waals surface area (Å²) < 4.78 is 0. The molecule has 1 rings (SSSR count). The summed E-state index contributed by atoms with van der Waals surface area (Å²) in [6.45, 7) is 4.59. The van der Waals surface area contributed by atoms with Gasteiger partial charge in [0, 0.05) is 25.8 Å². The van der Waals surface area contributed by atoms with Gasteiger partial charge in [-0.1, -0.05) is 0 Å². The summed E-state index contributed by atoms with van der Waals surface area (Å²) in [5.41, 5.74) is 6.60. The first kappa shape index (κ1) is 15.5. The van der Waals surface area contributed by atoms with Gasteiger partial charge in [0.05, 0.1) is 5.70 Å². The second kappa shape index (κ2) is 7.78. The molecule has 6 nitrogen and oxygen atoms in total. The Kier molecular flexibility index (Phi) is 6.35. The number of likely N-dealkylation sites (tertiary alicyclic amines) is 1. The monoisotopic (exact) mass is 267 g/mol. The molecule has 0 aromatic heterocycles. The molecule has 0 unspecified atom stereocenters. The van der Waals surface area contributed by atoms with Crippen molar-refractivity contribution < 1.29 is 4.79 Å². The van der Waals surface area contributed by atoms with Crippen molar-refractivity contribution in [3.8, 4) is 0 Å². The Balaban J connectivity index is 2.61. The van der Waals surface area contributed by atoms with Crippen molar-refractivity contribution in [2.45, 2.75) is 25.8 Å². The number of hydrogen-bond acceptors (Lipinski definition) is 5. The highest BCUT2D eigenvalue weighted by molar-refractivity contribution is 5.99. The van der Waals surface area contributed by atoms with Crippen molar-refractivity contribution in [3.63, 3.8) is 0 Å². The molecule has 108 valence electrons. The highest BCUT2D eigenvalue weighted by Crippen LogP contribution is 2.08. The summed E-state index contributed by atoms with van der Waals surface area (Å²) in [7, 11) is 3.78. The third-order valence-corrected chi connectivity index (χ3v) is 3.23. The second-order valence-electron chi connectivity index (χ2n) is 4.76. The lowest BCUT2D eigenvalue weighted by molar-refractivity contribution is -0.118. The molecule has 4 N–H and O–H groups in total. The zero-order chi connectivity index (χ0) is 14.3. The highest BCUT2D eigenvalue weighted by atomic mass is 16.2. The lowest BCUT2D eigenvalue weighted by atomic mass is 10.1. The van der Waals surface area contributed by atoms with Crippen LogP contribution < -0.4 is 16.4 Å². The minimum Gasteiger partial charge on any atom is -0.396 e. The molecule has 0 spiro atoms. The number of carbonyl (C=O) groups excluding carboxylic acids is 1. The third kappa shape index (κ3) is 4.90. The van der Waals surface area contributed by atoms with E-state index in [-0.39, 0.29) is 11.9 Å². The number of amides is 1. The fourth-order valence-corrected chi connectivity index (χ4v) is 2.05. The van der Waals surface area contributed by atoms with Gasteiger partial charge in [-0.25, -0.2) is 0 Å². The van der Waals surface area contributed by atoms with Gasteiger partial charge in [0.1, 0.15) is 5.70 Å². The topological polar surface area (TPSA) is 82.7 Å². The number of nitrogens with one attached hydrogen (secondary N) is 2. The molecule has 0 radical (unpaired) electrons. The van der Waals surface area contributed by atoms with E-state index in [9.17, 15) is 4.79 Å². The van der Waals surface area contributed by atoms with E-state index in [0.29, 0.717) is 17.9 Å². The molecule has 0 atom stereocenters. The van der Waals surface area contributed by atoms with Crippen LogP contribution in [0.3, 0.4) is 0 Å². The maximum Gasteiger partial charge on any atom is 0.269 e. The molecule has 6 heteroatoms. The smallest absolute Gasteiger partial charge is 0.269 e. The number of piperidine rings is 1. The number of nitrogens with zero attached hydrogens (tertiary/aromatic N) is 2. The van der Waals surface area contributed by atoms with Crippen LogP contribution in [0, 0.1) is 0 Å². The lowest BCUT2D eigenvalue weighted by Crippen LogP contribution is -2.45. The van der Waals surface area contributed by atoms with Gasteiger partial charge >= 0.3 is 0 Å². The number of likely N-dealkylation sites (N-methyl/N-ethyl adjacent to an activating group) is 1. The first-order valence-corrected chi connectivity index (χ1v) is 6.75.